The van der Waals surface area contributed by atoms with Gasteiger partial charge in [-0.15, -0.1) is 0 Å². The number of aromatic nitrogens is 1. The first kappa shape index (κ1) is 14.1. The lowest BCUT2D eigenvalue weighted by atomic mass is 10.1. The van der Waals surface area contributed by atoms with Crippen molar-refractivity contribution in [3.05, 3.63) is 58.8 Å². The molecule has 2 aromatic rings. The number of rotatable bonds is 4. The number of ether oxygens (including phenoxy) is 1. The number of nitrogens with zero attached hydrogens (tertiary/aromatic N) is 1. The van der Waals surface area contributed by atoms with Crippen molar-refractivity contribution in [1.29, 1.82) is 0 Å². The van der Waals surface area contributed by atoms with Crippen molar-refractivity contribution >= 4 is 5.91 Å². The van der Waals surface area contributed by atoms with Crippen LogP contribution in [0.15, 0.2) is 36.5 Å². The summed E-state index contributed by atoms with van der Waals surface area (Å²) in [6, 6.07) is 9.50. The summed E-state index contributed by atoms with van der Waals surface area (Å²) < 4.78 is 5.16. The van der Waals surface area contributed by atoms with E-state index >= 15 is 0 Å². The molecule has 0 atom stereocenters. The molecule has 0 aliphatic heterocycles. The second-order valence-electron chi connectivity index (χ2n) is 4.73. The fourth-order valence-corrected chi connectivity index (χ4v) is 2.13. The zero-order valence-corrected chi connectivity index (χ0v) is 11.9. The average Bonchev–Trinajstić information content (AvgIpc) is 2.44. The van der Waals surface area contributed by atoms with Crippen LogP contribution in [0.3, 0.4) is 0 Å². The van der Waals surface area contributed by atoms with Gasteiger partial charge in [-0.3, -0.25) is 4.79 Å². The number of methoxy groups -OCH3 is 1. The van der Waals surface area contributed by atoms with Crippen LogP contribution < -0.4 is 10.1 Å². The molecule has 2 rings (SSSR count). The third-order valence-corrected chi connectivity index (χ3v) is 2.97. The third kappa shape index (κ3) is 3.35. The van der Waals surface area contributed by atoms with Gasteiger partial charge in [0.05, 0.1) is 7.11 Å². The molecule has 0 radical (unpaired) electrons. The molecule has 0 aliphatic carbocycles. The van der Waals surface area contributed by atoms with Gasteiger partial charge in [0.15, 0.2) is 0 Å². The predicted molar refractivity (Wildman–Crippen MR) is 77.9 cm³/mol. The Morgan fingerprint density at radius 2 is 1.95 bits per heavy atom. The zero-order chi connectivity index (χ0) is 14.5. The standard InChI is InChI=1S/C16H18N2O2/c1-11-7-12(2)9-14(8-11)15(19)18-10-13-5-4-6-17-16(13)20-3/h4-9H,10H2,1-3H3,(H,18,19). The Balaban J connectivity index is 2.08. The lowest BCUT2D eigenvalue weighted by Crippen LogP contribution is -2.23. The van der Waals surface area contributed by atoms with Crippen LogP contribution in [0.2, 0.25) is 0 Å². The SMILES string of the molecule is COc1ncccc1CNC(=O)c1cc(C)cc(C)c1. The smallest absolute Gasteiger partial charge is 0.251 e. The van der Waals surface area contributed by atoms with Gasteiger partial charge in [0.2, 0.25) is 5.88 Å². The van der Waals surface area contributed by atoms with Crippen molar-refractivity contribution in [2.24, 2.45) is 0 Å². The van der Waals surface area contributed by atoms with Gasteiger partial charge in [0.1, 0.15) is 0 Å². The fraction of sp³-hybridized carbons (Fsp3) is 0.250. The molecule has 1 aromatic heterocycles. The summed E-state index contributed by atoms with van der Waals surface area (Å²) in [4.78, 5) is 16.3. The maximum atomic E-state index is 12.1. The summed E-state index contributed by atoms with van der Waals surface area (Å²) in [5.74, 6) is 0.441. The molecule has 0 aliphatic rings. The molecule has 0 fully saturated rings. The minimum Gasteiger partial charge on any atom is -0.481 e. The minimum absolute atomic E-state index is 0.0947. The Labute approximate surface area is 118 Å². The van der Waals surface area contributed by atoms with Crippen LogP contribution >= 0.6 is 0 Å². The molecule has 0 saturated heterocycles. The lowest BCUT2D eigenvalue weighted by Gasteiger charge is -2.09. The molecule has 0 bridgehead atoms. The molecule has 104 valence electrons. The van der Waals surface area contributed by atoms with E-state index in [-0.39, 0.29) is 5.91 Å². The van der Waals surface area contributed by atoms with Crippen LogP contribution in [0, 0.1) is 13.8 Å². The summed E-state index contributed by atoms with van der Waals surface area (Å²) in [7, 11) is 1.57. The fourth-order valence-electron chi connectivity index (χ4n) is 2.13. The number of nitrogens with one attached hydrogen (secondary N) is 1. The number of amides is 1. The summed E-state index contributed by atoms with van der Waals surface area (Å²) in [5, 5.41) is 2.89. The largest absolute Gasteiger partial charge is 0.481 e. The molecular formula is C16H18N2O2. The molecule has 1 amide bonds. The maximum absolute atomic E-state index is 12.1. The van der Waals surface area contributed by atoms with Crippen molar-refractivity contribution in [3.8, 4) is 5.88 Å². The van der Waals surface area contributed by atoms with Crippen molar-refractivity contribution in [2.45, 2.75) is 20.4 Å². The minimum atomic E-state index is -0.0947. The van der Waals surface area contributed by atoms with E-state index in [0.29, 0.717) is 18.0 Å². The second kappa shape index (κ2) is 6.19. The first-order chi connectivity index (χ1) is 9.60. The van der Waals surface area contributed by atoms with Gasteiger partial charge >= 0.3 is 0 Å². The van der Waals surface area contributed by atoms with E-state index in [1.807, 2.05) is 44.2 Å². The van der Waals surface area contributed by atoms with E-state index < -0.39 is 0 Å². The van der Waals surface area contributed by atoms with Gasteiger partial charge in [-0.2, -0.15) is 0 Å². The molecule has 4 nitrogen and oxygen atoms in total. The Morgan fingerprint density at radius 1 is 1.25 bits per heavy atom. The number of pyridine rings is 1. The third-order valence-electron chi connectivity index (χ3n) is 2.97. The van der Waals surface area contributed by atoms with E-state index in [1.165, 1.54) is 0 Å². The summed E-state index contributed by atoms with van der Waals surface area (Å²) >= 11 is 0. The number of hydrogen-bond donors (Lipinski definition) is 1. The molecule has 0 spiro atoms. The topological polar surface area (TPSA) is 51.2 Å². The lowest BCUT2D eigenvalue weighted by molar-refractivity contribution is 0.0950. The van der Waals surface area contributed by atoms with Crippen LogP contribution in [0.5, 0.6) is 5.88 Å². The van der Waals surface area contributed by atoms with E-state index in [1.54, 1.807) is 13.3 Å². The van der Waals surface area contributed by atoms with Crippen molar-refractivity contribution in [2.75, 3.05) is 7.11 Å². The van der Waals surface area contributed by atoms with Gasteiger partial charge in [-0.05, 0) is 32.0 Å². The highest BCUT2D eigenvalue weighted by molar-refractivity contribution is 5.94. The van der Waals surface area contributed by atoms with Crippen LogP contribution in [0.25, 0.3) is 0 Å². The van der Waals surface area contributed by atoms with E-state index in [2.05, 4.69) is 10.3 Å². The first-order valence-corrected chi connectivity index (χ1v) is 6.44. The number of carbonyl (C=O) groups excluding carboxylic acids is 1. The molecule has 1 N–H and O–H groups in total. The first-order valence-electron chi connectivity index (χ1n) is 6.44. The second-order valence-corrected chi connectivity index (χ2v) is 4.73. The average molecular weight is 270 g/mol. The van der Waals surface area contributed by atoms with Gasteiger partial charge in [0.25, 0.3) is 5.91 Å². The van der Waals surface area contributed by atoms with Crippen molar-refractivity contribution in [3.63, 3.8) is 0 Å². The highest BCUT2D eigenvalue weighted by Crippen LogP contribution is 2.14. The molecule has 0 saturated carbocycles. The van der Waals surface area contributed by atoms with Crippen LogP contribution in [-0.4, -0.2) is 18.0 Å². The molecule has 4 heteroatoms. The number of carbonyl (C=O) groups is 1. The predicted octanol–water partition coefficient (Wildman–Crippen LogP) is 2.64. The van der Waals surface area contributed by atoms with Gasteiger partial charge in [0, 0.05) is 23.9 Å². The van der Waals surface area contributed by atoms with Gasteiger partial charge in [-0.25, -0.2) is 4.98 Å². The number of hydrogen-bond acceptors (Lipinski definition) is 3. The normalized spacial score (nSPS) is 10.2. The molecule has 1 aromatic carbocycles. The van der Waals surface area contributed by atoms with E-state index in [9.17, 15) is 4.79 Å². The van der Waals surface area contributed by atoms with Crippen LogP contribution in [-0.2, 0) is 6.54 Å². The number of benzene rings is 1. The summed E-state index contributed by atoms with van der Waals surface area (Å²) in [6.45, 7) is 4.35. The Morgan fingerprint density at radius 3 is 2.60 bits per heavy atom. The molecule has 0 unspecified atom stereocenters. The summed E-state index contributed by atoms with van der Waals surface area (Å²) in [6.07, 6.45) is 1.66. The Hall–Kier alpha value is -2.36. The number of aryl methyl sites for hydroxylation is 2. The quantitative estimate of drug-likeness (QED) is 0.929. The highest BCUT2D eigenvalue weighted by Gasteiger charge is 2.08. The summed E-state index contributed by atoms with van der Waals surface area (Å²) in [5.41, 5.74) is 3.68. The molecular weight excluding hydrogens is 252 g/mol. The van der Waals surface area contributed by atoms with Crippen LogP contribution in [0.1, 0.15) is 27.0 Å². The van der Waals surface area contributed by atoms with E-state index in [0.717, 1.165) is 16.7 Å². The molecule has 20 heavy (non-hydrogen) atoms. The van der Waals surface area contributed by atoms with Crippen LogP contribution in [0.4, 0.5) is 0 Å². The Kier molecular flexibility index (Phi) is 4.35. The van der Waals surface area contributed by atoms with Gasteiger partial charge in [-0.1, -0.05) is 23.3 Å². The maximum Gasteiger partial charge on any atom is 0.251 e. The van der Waals surface area contributed by atoms with Crippen molar-refractivity contribution in [1.82, 2.24) is 10.3 Å². The highest BCUT2D eigenvalue weighted by atomic mass is 16.5. The zero-order valence-electron chi connectivity index (χ0n) is 11.9. The van der Waals surface area contributed by atoms with Gasteiger partial charge < -0.3 is 10.1 Å². The molecule has 1 heterocycles. The van der Waals surface area contributed by atoms with E-state index in [4.69, 9.17) is 4.74 Å². The monoisotopic (exact) mass is 270 g/mol. The Bertz CT molecular complexity index is 603. The van der Waals surface area contributed by atoms with Crippen molar-refractivity contribution < 1.29 is 9.53 Å².